The van der Waals surface area contributed by atoms with Crippen LogP contribution in [0.2, 0.25) is 0 Å². The number of nitrogens with one attached hydrogen (secondary N) is 1. The number of nitriles is 1. The Morgan fingerprint density at radius 1 is 1.26 bits per heavy atom. The summed E-state index contributed by atoms with van der Waals surface area (Å²) in [6, 6.07) is 4.98. The molecule has 0 saturated heterocycles. The predicted molar refractivity (Wildman–Crippen MR) is 89.0 cm³/mol. The molecule has 1 heterocycles. The number of anilines is 1. The van der Waals surface area contributed by atoms with Gasteiger partial charge in [-0.25, -0.2) is 13.8 Å². The van der Waals surface area contributed by atoms with Crippen LogP contribution in [0.15, 0.2) is 29.3 Å². The van der Waals surface area contributed by atoms with E-state index < -0.39 is 40.1 Å². The minimum atomic E-state index is -4.74. The summed E-state index contributed by atoms with van der Waals surface area (Å²) >= 11 is 0.660. The summed E-state index contributed by atoms with van der Waals surface area (Å²) in [6.07, 6.45) is -4.74. The summed E-state index contributed by atoms with van der Waals surface area (Å²) in [5.41, 5.74) is -1.78. The number of aromatic nitrogens is 1. The number of hydrogen-bond acceptors (Lipinski definition) is 4. The first-order valence-electron chi connectivity index (χ1n) is 7.44. The first-order chi connectivity index (χ1) is 12.5. The van der Waals surface area contributed by atoms with E-state index in [1.54, 1.807) is 0 Å². The van der Waals surface area contributed by atoms with E-state index in [1.165, 1.54) is 19.9 Å². The zero-order valence-electron chi connectivity index (χ0n) is 14.0. The SMILES string of the molecule is Cc1cc(C(F)(F)F)c(C#N)c(SC(C)C(=O)Nc2ccc(F)c(F)c2)n1. The van der Waals surface area contributed by atoms with Crippen LogP contribution in [0, 0.1) is 29.9 Å². The smallest absolute Gasteiger partial charge is 0.325 e. The Kier molecular flexibility index (Phi) is 6.05. The maximum absolute atomic E-state index is 13.2. The third kappa shape index (κ3) is 4.95. The van der Waals surface area contributed by atoms with Crippen LogP contribution in [-0.4, -0.2) is 16.1 Å². The number of pyridine rings is 1. The van der Waals surface area contributed by atoms with Crippen LogP contribution < -0.4 is 5.32 Å². The van der Waals surface area contributed by atoms with Gasteiger partial charge in [0, 0.05) is 17.4 Å². The van der Waals surface area contributed by atoms with Crippen LogP contribution in [0.1, 0.15) is 23.7 Å². The monoisotopic (exact) mass is 401 g/mol. The number of rotatable bonds is 4. The highest BCUT2D eigenvalue weighted by molar-refractivity contribution is 8.00. The summed E-state index contributed by atoms with van der Waals surface area (Å²) in [4.78, 5) is 16.1. The molecule has 10 heteroatoms. The topological polar surface area (TPSA) is 65.8 Å². The minimum Gasteiger partial charge on any atom is -0.325 e. The number of carbonyl (C=O) groups excluding carboxylic acids is 1. The number of carbonyl (C=O) groups is 1. The van der Waals surface area contributed by atoms with Crippen molar-refractivity contribution in [2.45, 2.75) is 30.3 Å². The summed E-state index contributed by atoms with van der Waals surface area (Å²) in [5, 5.41) is 10.2. The van der Waals surface area contributed by atoms with Crippen LogP contribution in [0.4, 0.5) is 27.6 Å². The number of aryl methyl sites for hydroxylation is 1. The Morgan fingerprint density at radius 3 is 2.48 bits per heavy atom. The Labute approximate surface area is 155 Å². The van der Waals surface area contributed by atoms with Crippen molar-refractivity contribution in [1.29, 1.82) is 5.26 Å². The standard InChI is InChI=1S/C17H12F5N3OS/c1-8-5-12(17(20,21)22)11(7-23)16(24-8)27-9(2)15(26)25-10-3-4-13(18)14(19)6-10/h3-6,9H,1-2H3,(H,25,26). The van der Waals surface area contributed by atoms with E-state index in [9.17, 15) is 26.7 Å². The fourth-order valence-electron chi connectivity index (χ4n) is 2.10. The van der Waals surface area contributed by atoms with Crippen molar-refractivity contribution in [2.24, 2.45) is 0 Å². The van der Waals surface area contributed by atoms with Gasteiger partial charge in [0.25, 0.3) is 0 Å². The van der Waals surface area contributed by atoms with Crippen molar-refractivity contribution in [3.63, 3.8) is 0 Å². The van der Waals surface area contributed by atoms with Crippen LogP contribution in [-0.2, 0) is 11.0 Å². The summed E-state index contributed by atoms with van der Waals surface area (Å²) in [6.45, 7) is 2.73. The summed E-state index contributed by atoms with van der Waals surface area (Å²) in [5.74, 6) is -2.92. The highest BCUT2D eigenvalue weighted by Gasteiger charge is 2.36. The van der Waals surface area contributed by atoms with E-state index in [-0.39, 0.29) is 16.4 Å². The number of amides is 1. The molecular formula is C17H12F5N3OS. The zero-order chi connectivity index (χ0) is 20.4. The van der Waals surface area contributed by atoms with Gasteiger partial charge in [0.2, 0.25) is 5.91 Å². The number of benzene rings is 1. The molecule has 0 aliphatic carbocycles. The third-order valence-corrected chi connectivity index (χ3v) is 4.46. The lowest BCUT2D eigenvalue weighted by Crippen LogP contribution is -2.23. The van der Waals surface area contributed by atoms with Crippen molar-refractivity contribution in [3.8, 4) is 6.07 Å². The normalized spacial score (nSPS) is 12.4. The molecule has 1 aromatic carbocycles. The second-order valence-electron chi connectivity index (χ2n) is 5.48. The Balaban J connectivity index is 2.25. The molecule has 0 fully saturated rings. The second-order valence-corrected chi connectivity index (χ2v) is 6.81. The molecule has 2 rings (SSSR count). The van der Waals surface area contributed by atoms with E-state index >= 15 is 0 Å². The Bertz CT molecular complexity index is 924. The van der Waals surface area contributed by atoms with Gasteiger partial charge in [-0.1, -0.05) is 11.8 Å². The molecule has 4 nitrogen and oxygen atoms in total. The van der Waals surface area contributed by atoms with E-state index in [2.05, 4.69) is 10.3 Å². The summed E-state index contributed by atoms with van der Waals surface area (Å²) in [7, 11) is 0. The van der Waals surface area contributed by atoms with Crippen molar-refractivity contribution >= 4 is 23.4 Å². The highest BCUT2D eigenvalue weighted by Crippen LogP contribution is 2.37. The van der Waals surface area contributed by atoms with E-state index in [4.69, 9.17) is 5.26 Å². The van der Waals surface area contributed by atoms with Gasteiger partial charge >= 0.3 is 6.18 Å². The van der Waals surface area contributed by atoms with E-state index in [0.29, 0.717) is 11.8 Å². The molecule has 1 N–H and O–H groups in total. The molecule has 27 heavy (non-hydrogen) atoms. The molecule has 2 aromatic rings. The molecule has 0 radical (unpaired) electrons. The lowest BCUT2D eigenvalue weighted by atomic mass is 10.1. The largest absolute Gasteiger partial charge is 0.417 e. The van der Waals surface area contributed by atoms with Crippen LogP contribution in [0.3, 0.4) is 0 Å². The van der Waals surface area contributed by atoms with Gasteiger partial charge in [0.15, 0.2) is 11.6 Å². The van der Waals surface area contributed by atoms with Gasteiger partial charge < -0.3 is 5.32 Å². The molecule has 1 amide bonds. The third-order valence-electron chi connectivity index (χ3n) is 3.38. The maximum atomic E-state index is 13.2. The fraction of sp³-hybridized carbons (Fsp3) is 0.235. The van der Waals surface area contributed by atoms with Crippen molar-refractivity contribution in [1.82, 2.24) is 4.98 Å². The Hall–Kier alpha value is -2.67. The van der Waals surface area contributed by atoms with Crippen LogP contribution in [0.5, 0.6) is 0 Å². The van der Waals surface area contributed by atoms with E-state index in [0.717, 1.165) is 24.3 Å². The van der Waals surface area contributed by atoms with Crippen molar-refractivity contribution in [2.75, 3.05) is 5.32 Å². The average molecular weight is 401 g/mol. The molecule has 1 atom stereocenters. The number of halogens is 5. The number of nitrogens with zero attached hydrogens (tertiary/aromatic N) is 2. The quantitative estimate of drug-likeness (QED) is 0.597. The number of thioether (sulfide) groups is 1. The zero-order valence-corrected chi connectivity index (χ0v) is 14.8. The number of alkyl halides is 3. The lowest BCUT2D eigenvalue weighted by Gasteiger charge is -2.16. The molecule has 0 aliphatic rings. The second kappa shape index (κ2) is 7.92. The molecular weight excluding hydrogens is 389 g/mol. The van der Waals surface area contributed by atoms with Gasteiger partial charge in [-0.05, 0) is 32.0 Å². The van der Waals surface area contributed by atoms with Crippen LogP contribution >= 0.6 is 11.8 Å². The van der Waals surface area contributed by atoms with Crippen molar-refractivity contribution < 1.29 is 26.7 Å². The van der Waals surface area contributed by atoms with Gasteiger partial charge in [-0.2, -0.15) is 18.4 Å². The van der Waals surface area contributed by atoms with E-state index in [1.807, 2.05) is 0 Å². The molecule has 0 spiro atoms. The average Bonchev–Trinajstić information content (AvgIpc) is 2.56. The number of hydrogen-bond donors (Lipinski definition) is 1. The molecule has 0 bridgehead atoms. The lowest BCUT2D eigenvalue weighted by molar-refractivity contribution is -0.138. The van der Waals surface area contributed by atoms with Gasteiger partial charge in [0.1, 0.15) is 11.1 Å². The minimum absolute atomic E-state index is 0.0139. The predicted octanol–water partition coefficient (Wildman–Crippen LogP) is 4.68. The highest BCUT2D eigenvalue weighted by atomic mass is 32.2. The first kappa shape index (κ1) is 20.6. The fourth-order valence-corrected chi connectivity index (χ4v) is 3.07. The molecule has 1 aromatic heterocycles. The molecule has 142 valence electrons. The van der Waals surface area contributed by atoms with Gasteiger partial charge in [-0.15, -0.1) is 0 Å². The summed E-state index contributed by atoms with van der Waals surface area (Å²) < 4.78 is 65.5. The van der Waals surface area contributed by atoms with Crippen LogP contribution in [0.25, 0.3) is 0 Å². The van der Waals surface area contributed by atoms with Gasteiger partial charge in [-0.3, -0.25) is 4.79 Å². The molecule has 0 saturated carbocycles. The van der Waals surface area contributed by atoms with Crippen molar-refractivity contribution in [3.05, 3.63) is 52.7 Å². The Morgan fingerprint density at radius 2 is 1.93 bits per heavy atom. The maximum Gasteiger partial charge on any atom is 0.417 e. The molecule has 0 aliphatic heterocycles. The molecule has 1 unspecified atom stereocenters. The van der Waals surface area contributed by atoms with Gasteiger partial charge in [0.05, 0.1) is 16.4 Å². The first-order valence-corrected chi connectivity index (χ1v) is 8.32.